The van der Waals surface area contributed by atoms with Crippen LogP contribution < -0.4 is 5.32 Å². The average molecular weight is 139 g/mol. The molecule has 56 valence electrons. The molecule has 1 saturated heterocycles. The zero-order chi connectivity index (χ0) is 7.40. The monoisotopic (exact) mass is 139 g/mol. The van der Waals surface area contributed by atoms with E-state index in [1.165, 1.54) is 0 Å². The van der Waals surface area contributed by atoms with Crippen molar-refractivity contribution in [3.8, 4) is 0 Å². The van der Waals surface area contributed by atoms with Gasteiger partial charge in [-0.3, -0.25) is 4.79 Å². The quantitative estimate of drug-likeness (QED) is 0.570. The summed E-state index contributed by atoms with van der Waals surface area (Å²) in [6.45, 7) is 2.84. The third kappa shape index (κ3) is 1.59. The first-order valence-electron chi connectivity index (χ1n) is 3.73. The van der Waals surface area contributed by atoms with Gasteiger partial charge in [0.1, 0.15) is 0 Å². The van der Waals surface area contributed by atoms with Gasteiger partial charge in [0.25, 0.3) is 0 Å². The largest absolute Gasteiger partial charge is 0.356 e. The molecule has 0 spiro atoms. The third-order valence-corrected chi connectivity index (χ3v) is 1.82. The Morgan fingerprint density at radius 1 is 1.80 bits per heavy atom. The molecule has 1 aliphatic rings. The van der Waals surface area contributed by atoms with Gasteiger partial charge in [-0.05, 0) is 19.8 Å². The number of nitrogens with one attached hydrogen (secondary N) is 1. The highest BCUT2D eigenvalue weighted by Crippen LogP contribution is 2.13. The SMILES string of the molecule is CC=CCC1CCNC1=O. The molecular formula is C8H13NO. The molecule has 2 heteroatoms. The predicted octanol–water partition coefficient (Wildman–Crippen LogP) is 1.09. The normalized spacial score (nSPS) is 25.7. The van der Waals surface area contributed by atoms with Crippen LogP contribution in [0.25, 0.3) is 0 Å². The van der Waals surface area contributed by atoms with Crippen LogP contribution in [0.5, 0.6) is 0 Å². The summed E-state index contributed by atoms with van der Waals surface area (Å²) in [6.07, 6.45) is 5.95. The topological polar surface area (TPSA) is 29.1 Å². The highest BCUT2D eigenvalue weighted by Gasteiger charge is 2.21. The van der Waals surface area contributed by atoms with Crippen molar-refractivity contribution in [1.82, 2.24) is 5.32 Å². The molecule has 0 saturated carbocycles. The van der Waals surface area contributed by atoms with Gasteiger partial charge >= 0.3 is 0 Å². The zero-order valence-corrected chi connectivity index (χ0v) is 6.26. The van der Waals surface area contributed by atoms with E-state index in [1.807, 2.05) is 13.0 Å². The number of allylic oxidation sites excluding steroid dienone is 2. The Hall–Kier alpha value is -0.790. The number of carbonyl (C=O) groups is 1. The maximum Gasteiger partial charge on any atom is 0.223 e. The molecular weight excluding hydrogens is 126 g/mol. The van der Waals surface area contributed by atoms with Crippen LogP contribution in [0, 0.1) is 5.92 Å². The number of carbonyl (C=O) groups excluding carboxylic acids is 1. The average Bonchev–Trinajstić information content (AvgIpc) is 2.31. The van der Waals surface area contributed by atoms with Crippen molar-refractivity contribution in [3.05, 3.63) is 12.2 Å². The first-order chi connectivity index (χ1) is 4.84. The van der Waals surface area contributed by atoms with Crippen molar-refractivity contribution in [2.75, 3.05) is 6.54 Å². The number of amides is 1. The van der Waals surface area contributed by atoms with E-state index in [4.69, 9.17) is 0 Å². The molecule has 1 heterocycles. The Morgan fingerprint density at radius 2 is 2.60 bits per heavy atom. The molecule has 1 rings (SSSR count). The summed E-state index contributed by atoms with van der Waals surface area (Å²) in [7, 11) is 0. The van der Waals surface area contributed by atoms with Crippen LogP contribution in [0.15, 0.2) is 12.2 Å². The minimum atomic E-state index is 0.220. The van der Waals surface area contributed by atoms with E-state index in [2.05, 4.69) is 11.4 Å². The van der Waals surface area contributed by atoms with Crippen LogP contribution in [0.2, 0.25) is 0 Å². The van der Waals surface area contributed by atoms with Crippen molar-refractivity contribution < 1.29 is 4.79 Å². The fraction of sp³-hybridized carbons (Fsp3) is 0.625. The lowest BCUT2D eigenvalue weighted by molar-refractivity contribution is -0.122. The van der Waals surface area contributed by atoms with Gasteiger partial charge in [-0.1, -0.05) is 12.2 Å². The Balaban J connectivity index is 2.33. The summed E-state index contributed by atoms with van der Waals surface area (Å²) in [5.41, 5.74) is 0. The minimum absolute atomic E-state index is 0.220. The second kappa shape index (κ2) is 3.40. The summed E-state index contributed by atoms with van der Waals surface area (Å²) in [4.78, 5) is 10.9. The van der Waals surface area contributed by atoms with Crippen molar-refractivity contribution in [2.45, 2.75) is 19.8 Å². The fourth-order valence-corrected chi connectivity index (χ4v) is 1.17. The molecule has 0 aliphatic carbocycles. The predicted molar refractivity (Wildman–Crippen MR) is 40.5 cm³/mol. The van der Waals surface area contributed by atoms with Crippen molar-refractivity contribution in [3.63, 3.8) is 0 Å². The van der Waals surface area contributed by atoms with E-state index in [9.17, 15) is 4.79 Å². The first kappa shape index (κ1) is 7.32. The molecule has 0 bridgehead atoms. The Bertz CT molecular complexity index is 151. The molecule has 0 radical (unpaired) electrons. The van der Waals surface area contributed by atoms with Crippen molar-refractivity contribution in [1.29, 1.82) is 0 Å². The van der Waals surface area contributed by atoms with E-state index in [0.717, 1.165) is 19.4 Å². The van der Waals surface area contributed by atoms with E-state index >= 15 is 0 Å². The molecule has 1 unspecified atom stereocenters. The summed E-state index contributed by atoms with van der Waals surface area (Å²) in [5, 5.41) is 2.81. The van der Waals surface area contributed by atoms with Crippen LogP contribution in [0.1, 0.15) is 19.8 Å². The zero-order valence-electron chi connectivity index (χ0n) is 6.26. The van der Waals surface area contributed by atoms with Crippen LogP contribution in [-0.4, -0.2) is 12.5 Å². The second-order valence-electron chi connectivity index (χ2n) is 2.58. The maximum atomic E-state index is 10.9. The Labute approximate surface area is 61.3 Å². The van der Waals surface area contributed by atoms with Gasteiger partial charge in [0.05, 0.1) is 0 Å². The highest BCUT2D eigenvalue weighted by atomic mass is 16.2. The lowest BCUT2D eigenvalue weighted by Crippen LogP contribution is -2.18. The number of rotatable bonds is 2. The van der Waals surface area contributed by atoms with Crippen molar-refractivity contribution >= 4 is 5.91 Å². The number of hydrogen-bond donors (Lipinski definition) is 1. The summed E-state index contributed by atoms with van der Waals surface area (Å²) in [5.74, 6) is 0.467. The molecule has 1 aliphatic heterocycles. The van der Waals surface area contributed by atoms with Crippen molar-refractivity contribution in [2.24, 2.45) is 5.92 Å². The summed E-state index contributed by atoms with van der Waals surface area (Å²) >= 11 is 0. The summed E-state index contributed by atoms with van der Waals surface area (Å²) < 4.78 is 0. The third-order valence-electron chi connectivity index (χ3n) is 1.82. The highest BCUT2D eigenvalue weighted by molar-refractivity contribution is 5.80. The molecule has 2 nitrogen and oxygen atoms in total. The van der Waals surface area contributed by atoms with Gasteiger partial charge in [0, 0.05) is 12.5 Å². The molecule has 1 N–H and O–H groups in total. The molecule has 0 aromatic rings. The van der Waals surface area contributed by atoms with E-state index in [1.54, 1.807) is 0 Å². The fourth-order valence-electron chi connectivity index (χ4n) is 1.17. The molecule has 0 aromatic carbocycles. The van der Waals surface area contributed by atoms with E-state index in [-0.39, 0.29) is 11.8 Å². The molecule has 1 fully saturated rings. The minimum Gasteiger partial charge on any atom is -0.356 e. The van der Waals surface area contributed by atoms with Gasteiger partial charge in [0.15, 0.2) is 0 Å². The lowest BCUT2D eigenvalue weighted by Gasteiger charge is -1.99. The summed E-state index contributed by atoms with van der Waals surface area (Å²) in [6, 6.07) is 0. The molecule has 0 aromatic heterocycles. The smallest absolute Gasteiger partial charge is 0.223 e. The van der Waals surface area contributed by atoms with Gasteiger partial charge in [-0.25, -0.2) is 0 Å². The van der Waals surface area contributed by atoms with Gasteiger partial charge in [-0.2, -0.15) is 0 Å². The molecule has 1 amide bonds. The maximum absolute atomic E-state index is 10.9. The van der Waals surface area contributed by atoms with E-state index < -0.39 is 0 Å². The Kier molecular flexibility index (Phi) is 2.49. The van der Waals surface area contributed by atoms with Crippen LogP contribution in [0.4, 0.5) is 0 Å². The van der Waals surface area contributed by atoms with E-state index in [0.29, 0.717) is 0 Å². The first-order valence-corrected chi connectivity index (χ1v) is 3.73. The standard InChI is InChI=1S/C8H13NO/c1-2-3-4-7-5-6-9-8(7)10/h2-3,7H,4-6H2,1H3,(H,9,10). The Morgan fingerprint density at radius 3 is 3.10 bits per heavy atom. The molecule has 1 atom stereocenters. The lowest BCUT2D eigenvalue weighted by atomic mass is 10.0. The van der Waals surface area contributed by atoms with Gasteiger partial charge in [0.2, 0.25) is 5.91 Å². The molecule has 10 heavy (non-hydrogen) atoms. The van der Waals surface area contributed by atoms with Crippen LogP contribution >= 0.6 is 0 Å². The number of hydrogen-bond acceptors (Lipinski definition) is 1. The van der Waals surface area contributed by atoms with Crippen LogP contribution in [0.3, 0.4) is 0 Å². The van der Waals surface area contributed by atoms with Crippen LogP contribution in [-0.2, 0) is 4.79 Å². The second-order valence-corrected chi connectivity index (χ2v) is 2.58. The van der Waals surface area contributed by atoms with Gasteiger partial charge < -0.3 is 5.32 Å². The van der Waals surface area contributed by atoms with Gasteiger partial charge in [-0.15, -0.1) is 0 Å².